The first-order valence-electron chi connectivity index (χ1n) is 18.4. The quantitative estimate of drug-likeness (QED) is 0.182. The Morgan fingerprint density at radius 2 is 0.907 bits per heavy atom. The molecule has 11 rings (SSSR count). The van der Waals surface area contributed by atoms with Gasteiger partial charge in [0, 0.05) is 26.5 Å². The summed E-state index contributed by atoms with van der Waals surface area (Å²) in [6.07, 6.45) is 0. The smallest absolute Gasteiger partial charge is 0.160 e. The third kappa shape index (κ3) is 4.68. The molecule has 1 aromatic heterocycles. The molecular weight excluding hydrogens is 673 g/mol. The van der Waals surface area contributed by atoms with Gasteiger partial charge in [-0.25, -0.2) is 9.97 Å². The normalized spacial score (nSPS) is 13.3. The maximum Gasteiger partial charge on any atom is 0.160 e. The van der Waals surface area contributed by atoms with Crippen LogP contribution in [0.2, 0.25) is 0 Å². The number of hydrogen-bond donors (Lipinski definition) is 0. The first kappa shape index (κ1) is 31.0. The van der Waals surface area contributed by atoms with E-state index in [1.54, 1.807) is 0 Å². The Bertz CT molecular complexity index is 2880. The van der Waals surface area contributed by atoms with E-state index >= 15 is 0 Å². The van der Waals surface area contributed by atoms with Crippen molar-refractivity contribution in [3.05, 3.63) is 216 Å². The Morgan fingerprint density at radius 1 is 0.352 bits per heavy atom. The van der Waals surface area contributed by atoms with Crippen molar-refractivity contribution in [3.8, 4) is 56.2 Å². The van der Waals surface area contributed by atoms with E-state index < -0.39 is 5.41 Å². The van der Waals surface area contributed by atoms with Gasteiger partial charge >= 0.3 is 0 Å². The minimum absolute atomic E-state index is 0.453. The lowest BCUT2D eigenvalue weighted by molar-refractivity contribution is 0.722. The third-order valence-corrected chi connectivity index (χ3v) is 12.3. The van der Waals surface area contributed by atoms with Crippen molar-refractivity contribution >= 4 is 22.5 Å². The molecule has 1 spiro atoms. The second-order valence-electron chi connectivity index (χ2n) is 14.1. The van der Waals surface area contributed by atoms with Crippen molar-refractivity contribution in [3.63, 3.8) is 0 Å². The van der Waals surface area contributed by atoms with E-state index in [1.165, 1.54) is 59.5 Å². The van der Waals surface area contributed by atoms with Gasteiger partial charge in [0.1, 0.15) is 0 Å². The van der Waals surface area contributed by atoms with E-state index in [9.17, 15) is 0 Å². The molecule has 0 N–H and O–H groups in total. The van der Waals surface area contributed by atoms with Gasteiger partial charge < -0.3 is 0 Å². The fraction of sp³-hybridized carbons (Fsp3) is 0.0196. The number of fused-ring (bicyclic) bond motifs is 10. The van der Waals surface area contributed by atoms with Crippen molar-refractivity contribution in [1.29, 1.82) is 0 Å². The van der Waals surface area contributed by atoms with Gasteiger partial charge in [-0.3, -0.25) is 0 Å². The van der Waals surface area contributed by atoms with Crippen molar-refractivity contribution in [2.75, 3.05) is 0 Å². The van der Waals surface area contributed by atoms with Crippen LogP contribution in [0.15, 0.2) is 204 Å². The number of hydrogen-bond acceptors (Lipinski definition) is 3. The molecule has 3 heteroatoms. The van der Waals surface area contributed by atoms with Crippen molar-refractivity contribution < 1.29 is 0 Å². The molecule has 0 unspecified atom stereocenters. The van der Waals surface area contributed by atoms with Gasteiger partial charge in [-0.2, -0.15) is 0 Å². The molecule has 0 saturated carbocycles. The number of benzene rings is 8. The Kier molecular flexibility index (Phi) is 7.05. The lowest BCUT2D eigenvalue weighted by Gasteiger charge is -2.39. The van der Waals surface area contributed by atoms with Crippen LogP contribution in [-0.4, -0.2) is 9.97 Å². The molecule has 8 aromatic carbocycles. The summed E-state index contributed by atoms with van der Waals surface area (Å²) in [4.78, 5) is 13.1. The lowest BCUT2D eigenvalue weighted by atomic mass is 9.67. The van der Waals surface area contributed by atoms with Crippen molar-refractivity contribution in [2.45, 2.75) is 15.2 Å². The van der Waals surface area contributed by atoms with E-state index in [2.05, 4.69) is 188 Å². The average Bonchev–Trinajstić information content (AvgIpc) is 3.53. The number of aromatic nitrogens is 2. The zero-order valence-electron chi connectivity index (χ0n) is 29.3. The van der Waals surface area contributed by atoms with Crippen LogP contribution in [0.4, 0.5) is 0 Å². The van der Waals surface area contributed by atoms with Crippen LogP contribution in [0.3, 0.4) is 0 Å². The van der Waals surface area contributed by atoms with E-state index in [1.807, 2.05) is 17.8 Å². The fourth-order valence-corrected chi connectivity index (χ4v) is 9.99. The Labute approximate surface area is 318 Å². The molecule has 0 saturated heterocycles. The Balaban J connectivity index is 1.13. The van der Waals surface area contributed by atoms with Gasteiger partial charge in [-0.1, -0.05) is 176 Å². The maximum absolute atomic E-state index is 5.30. The van der Waals surface area contributed by atoms with Crippen LogP contribution < -0.4 is 0 Å². The molecule has 1 aliphatic heterocycles. The van der Waals surface area contributed by atoms with Crippen LogP contribution in [0.25, 0.3) is 66.9 Å². The summed E-state index contributed by atoms with van der Waals surface area (Å²) in [5.41, 5.74) is 14.7. The standard InChI is InChI=1S/C51H32N2S/c1-2-15-34(16-3-1)50-52-46(36-19-12-18-35(30-36)39-22-13-17-33-14-4-5-20-38(33)39)32-47(53-50)37-28-29-41-40-21-6-7-23-42(40)51(45(41)31-37)43-24-8-10-26-48(43)54-49-27-11-9-25-44(49)51/h1-32H. The van der Waals surface area contributed by atoms with Crippen LogP contribution in [0.5, 0.6) is 0 Å². The van der Waals surface area contributed by atoms with Gasteiger partial charge in [-0.05, 0) is 85.6 Å². The molecule has 252 valence electrons. The van der Waals surface area contributed by atoms with Crippen LogP contribution in [-0.2, 0) is 5.41 Å². The van der Waals surface area contributed by atoms with E-state index in [0.717, 1.165) is 33.6 Å². The first-order valence-corrected chi connectivity index (χ1v) is 19.2. The second-order valence-corrected chi connectivity index (χ2v) is 15.2. The van der Waals surface area contributed by atoms with Crippen LogP contribution >= 0.6 is 11.8 Å². The minimum Gasteiger partial charge on any atom is -0.228 e. The predicted molar refractivity (Wildman–Crippen MR) is 223 cm³/mol. The van der Waals surface area contributed by atoms with Crippen LogP contribution in [0.1, 0.15) is 22.3 Å². The highest BCUT2D eigenvalue weighted by Crippen LogP contribution is 2.62. The summed E-state index contributed by atoms with van der Waals surface area (Å²) in [6, 6.07) is 70.2. The summed E-state index contributed by atoms with van der Waals surface area (Å²) >= 11 is 1.87. The largest absolute Gasteiger partial charge is 0.228 e. The first-order chi connectivity index (χ1) is 26.8. The van der Waals surface area contributed by atoms with Gasteiger partial charge in [0.15, 0.2) is 5.82 Å². The SMILES string of the molecule is c1ccc(-c2nc(-c3cccc(-c4cccc5ccccc45)c3)cc(-c3ccc4c(c3)C3(c5ccccc5Sc5ccccc53)c3ccccc3-4)n2)cc1. The van der Waals surface area contributed by atoms with Gasteiger partial charge in [0.05, 0.1) is 16.8 Å². The number of rotatable bonds is 4. The average molecular weight is 705 g/mol. The van der Waals surface area contributed by atoms with Gasteiger partial charge in [0.2, 0.25) is 0 Å². The fourth-order valence-electron chi connectivity index (χ4n) is 8.80. The van der Waals surface area contributed by atoms with E-state index in [-0.39, 0.29) is 0 Å². The van der Waals surface area contributed by atoms with E-state index in [0.29, 0.717) is 5.82 Å². The molecule has 9 aromatic rings. The molecule has 54 heavy (non-hydrogen) atoms. The molecule has 2 heterocycles. The van der Waals surface area contributed by atoms with Crippen molar-refractivity contribution in [2.24, 2.45) is 0 Å². The zero-order chi connectivity index (χ0) is 35.6. The highest BCUT2D eigenvalue weighted by atomic mass is 32.2. The van der Waals surface area contributed by atoms with Crippen LogP contribution in [0, 0.1) is 0 Å². The molecule has 2 nitrogen and oxygen atoms in total. The minimum atomic E-state index is -0.453. The third-order valence-electron chi connectivity index (χ3n) is 11.2. The Hall–Kier alpha value is -6.55. The molecule has 2 aliphatic rings. The molecule has 0 fully saturated rings. The predicted octanol–water partition coefficient (Wildman–Crippen LogP) is 13.1. The molecule has 0 amide bonds. The second kappa shape index (κ2) is 12.3. The monoisotopic (exact) mass is 704 g/mol. The summed E-state index contributed by atoms with van der Waals surface area (Å²) < 4.78 is 0. The highest BCUT2D eigenvalue weighted by Gasteiger charge is 2.50. The molecule has 0 radical (unpaired) electrons. The molecule has 1 aliphatic carbocycles. The van der Waals surface area contributed by atoms with Gasteiger partial charge in [0.25, 0.3) is 0 Å². The van der Waals surface area contributed by atoms with Crippen molar-refractivity contribution in [1.82, 2.24) is 9.97 Å². The lowest BCUT2D eigenvalue weighted by Crippen LogP contribution is -2.31. The Morgan fingerprint density at radius 3 is 1.70 bits per heavy atom. The summed E-state index contributed by atoms with van der Waals surface area (Å²) in [6.45, 7) is 0. The molecule has 0 bridgehead atoms. The van der Waals surface area contributed by atoms with Gasteiger partial charge in [-0.15, -0.1) is 0 Å². The topological polar surface area (TPSA) is 25.8 Å². The summed E-state index contributed by atoms with van der Waals surface area (Å²) in [7, 11) is 0. The highest BCUT2D eigenvalue weighted by molar-refractivity contribution is 7.99. The molecule has 0 atom stereocenters. The van der Waals surface area contributed by atoms with E-state index in [4.69, 9.17) is 9.97 Å². The summed E-state index contributed by atoms with van der Waals surface area (Å²) in [5.74, 6) is 0.710. The number of nitrogens with zero attached hydrogens (tertiary/aromatic N) is 2. The molecular formula is C51H32N2S. The maximum atomic E-state index is 5.30. The summed E-state index contributed by atoms with van der Waals surface area (Å²) in [5, 5.41) is 2.47. The zero-order valence-corrected chi connectivity index (χ0v) is 30.1.